The van der Waals surface area contributed by atoms with Crippen LogP contribution in [0.15, 0.2) is 0 Å². The molecular weight excluding hydrogens is 287 g/mol. The highest BCUT2D eigenvalue weighted by Gasteiger charge is 2.22. The van der Waals surface area contributed by atoms with Crippen LogP contribution in [0.5, 0.6) is 0 Å². The first-order valence-corrected chi connectivity index (χ1v) is 10.2. The number of unbranched alkanes of at least 4 members (excludes halogenated alkanes) is 10. The smallest absolute Gasteiger partial charge is 0.285 e. The van der Waals surface area contributed by atoms with Gasteiger partial charge in [0.05, 0.1) is 13.2 Å². The van der Waals surface area contributed by atoms with E-state index in [0.717, 1.165) is 38.5 Å². The second-order valence-corrected chi connectivity index (χ2v) is 7.06. The minimum absolute atomic E-state index is 0.253. The van der Waals surface area contributed by atoms with Crippen LogP contribution in [0, 0.1) is 0 Å². The van der Waals surface area contributed by atoms with Crippen molar-refractivity contribution in [1.82, 2.24) is 0 Å². The van der Waals surface area contributed by atoms with Crippen molar-refractivity contribution >= 4 is 7.82 Å². The Bertz CT molecular complexity index is 237. The summed E-state index contributed by atoms with van der Waals surface area (Å²) in [7, 11) is -4.07. The van der Waals surface area contributed by atoms with Gasteiger partial charge in [0.1, 0.15) is 0 Å². The molecule has 0 heterocycles. The van der Waals surface area contributed by atoms with Crippen LogP contribution < -0.4 is 0 Å². The predicted octanol–water partition coefficient (Wildman–Crippen LogP) is 6.28. The zero-order chi connectivity index (χ0) is 15.8. The van der Waals surface area contributed by atoms with Crippen molar-refractivity contribution in [2.24, 2.45) is 0 Å². The molecule has 0 aromatic carbocycles. The first kappa shape index (κ1) is 21.1. The molecule has 0 amide bonds. The molecule has 4 nitrogen and oxygen atoms in total. The van der Waals surface area contributed by atoms with Crippen LogP contribution in [0.3, 0.4) is 0 Å². The van der Waals surface area contributed by atoms with E-state index in [1.165, 1.54) is 38.5 Å². The second kappa shape index (κ2) is 15.0. The topological polar surface area (TPSA) is 55.4 Å². The average Bonchev–Trinajstić information content (AvgIpc) is 2.45. The zero-order valence-corrected chi connectivity index (χ0v) is 14.9. The third kappa shape index (κ3) is 16.3. The summed E-state index contributed by atoms with van der Waals surface area (Å²) in [5, 5.41) is 0. The minimum Gasteiger partial charge on any atom is -0.285 e. The lowest BCUT2D eigenvalue weighted by Gasteiger charge is -2.10. The molecule has 0 unspecified atom stereocenters. The lowest BCUT2D eigenvalue weighted by Crippen LogP contribution is -1.98. The lowest BCUT2D eigenvalue weighted by molar-refractivity contribution is 0.124. The summed E-state index contributed by atoms with van der Waals surface area (Å²) >= 11 is 0. The summed E-state index contributed by atoms with van der Waals surface area (Å²) in [4.78, 5) is 11.5. The SMILES string of the molecule is CCCCCCCCOP([O])(=O)OCCCCCCCC. The molecule has 5 heteroatoms. The normalized spacial score (nSPS) is 12.0. The molecule has 0 rings (SSSR count). The van der Waals surface area contributed by atoms with Crippen molar-refractivity contribution in [1.29, 1.82) is 0 Å². The van der Waals surface area contributed by atoms with Crippen LogP contribution in [0.4, 0.5) is 0 Å². The Morgan fingerprint density at radius 3 is 1.33 bits per heavy atom. The maximum Gasteiger partial charge on any atom is 0.502 e. The molecular formula is C16H34O4P. The molecule has 0 atom stereocenters. The molecule has 0 aromatic rings. The fourth-order valence-corrected chi connectivity index (χ4v) is 2.93. The molecule has 0 aliphatic rings. The van der Waals surface area contributed by atoms with Gasteiger partial charge >= 0.3 is 7.82 Å². The van der Waals surface area contributed by atoms with Crippen molar-refractivity contribution in [2.75, 3.05) is 13.2 Å². The van der Waals surface area contributed by atoms with E-state index in [9.17, 15) is 9.46 Å². The Labute approximate surface area is 131 Å². The largest absolute Gasteiger partial charge is 0.502 e. The van der Waals surface area contributed by atoms with Gasteiger partial charge in [0, 0.05) is 0 Å². The van der Waals surface area contributed by atoms with Crippen LogP contribution >= 0.6 is 7.82 Å². The highest BCUT2D eigenvalue weighted by atomic mass is 31.2. The maximum atomic E-state index is 11.5. The second-order valence-electron chi connectivity index (χ2n) is 5.65. The summed E-state index contributed by atoms with van der Waals surface area (Å²) in [6.07, 6.45) is 13.3. The summed E-state index contributed by atoms with van der Waals surface area (Å²) in [6, 6.07) is 0. The minimum atomic E-state index is -4.07. The molecule has 0 saturated heterocycles. The zero-order valence-electron chi connectivity index (χ0n) is 14.0. The fraction of sp³-hybridized carbons (Fsp3) is 1.00. The molecule has 0 fully saturated rings. The Balaban J connectivity index is 3.37. The van der Waals surface area contributed by atoms with Crippen LogP contribution in [-0.4, -0.2) is 13.2 Å². The van der Waals surface area contributed by atoms with Gasteiger partial charge < -0.3 is 0 Å². The maximum absolute atomic E-state index is 11.5. The van der Waals surface area contributed by atoms with Crippen molar-refractivity contribution in [3.05, 3.63) is 0 Å². The van der Waals surface area contributed by atoms with Crippen LogP contribution in [-0.2, 0) is 18.5 Å². The van der Waals surface area contributed by atoms with Crippen molar-refractivity contribution in [3.63, 3.8) is 0 Å². The van der Waals surface area contributed by atoms with Gasteiger partial charge in [0.25, 0.3) is 0 Å². The summed E-state index contributed by atoms with van der Waals surface area (Å²) < 4.78 is 21.2. The molecule has 0 spiro atoms. The van der Waals surface area contributed by atoms with E-state index in [2.05, 4.69) is 13.8 Å². The van der Waals surface area contributed by atoms with E-state index in [4.69, 9.17) is 9.05 Å². The Hall–Kier alpha value is 0.110. The van der Waals surface area contributed by atoms with E-state index in [1.54, 1.807) is 0 Å². The van der Waals surface area contributed by atoms with Gasteiger partial charge in [-0.3, -0.25) is 9.05 Å². The summed E-state index contributed by atoms with van der Waals surface area (Å²) in [5.41, 5.74) is 0. The molecule has 0 bridgehead atoms. The number of hydrogen-bond acceptors (Lipinski definition) is 3. The Morgan fingerprint density at radius 2 is 0.952 bits per heavy atom. The van der Waals surface area contributed by atoms with Crippen molar-refractivity contribution < 1.29 is 18.5 Å². The quantitative estimate of drug-likeness (QED) is 0.248. The van der Waals surface area contributed by atoms with Crippen LogP contribution in [0.2, 0.25) is 0 Å². The predicted molar refractivity (Wildman–Crippen MR) is 86.9 cm³/mol. The first-order chi connectivity index (χ1) is 10.1. The number of rotatable bonds is 16. The molecule has 0 N–H and O–H groups in total. The Morgan fingerprint density at radius 1 is 0.619 bits per heavy atom. The van der Waals surface area contributed by atoms with Crippen LogP contribution in [0.1, 0.15) is 90.9 Å². The third-order valence-electron chi connectivity index (χ3n) is 3.49. The van der Waals surface area contributed by atoms with E-state index in [1.807, 2.05) is 0 Å². The third-order valence-corrected chi connectivity index (χ3v) is 4.49. The Kier molecular flexibility index (Phi) is 15.1. The van der Waals surface area contributed by atoms with Gasteiger partial charge in [-0.25, -0.2) is 4.57 Å². The molecule has 1 radical (unpaired) electrons. The fourth-order valence-electron chi connectivity index (χ4n) is 2.15. The van der Waals surface area contributed by atoms with Gasteiger partial charge in [-0.15, -0.1) is 4.89 Å². The molecule has 0 aliphatic heterocycles. The standard InChI is InChI=1S/C16H34O4P/c1-3-5-7-9-11-13-15-19-21(17,18)20-16-14-12-10-8-6-4-2/h3-16H2,1-2H3. The highest BCUT2D eigenvalue weighted by molar-refractivity contribution is 7.47. The van der Waals surface area contributed by atoms with Gasteiger partial charge in [-0.2, -0.15) is 0 Å². The van der Waals surface area contributed by atoms with Gasteiger partial charge in [0.15, 0.2) is 0 Å². The molecule has 0 saturated carbocycles. The van der Waals surface area contributed by atoms with E-state index < -0.39 is 7.82 Å². The van der Waals surface area contributed by atoms with E-state index in [-0.39, 0.29) is 13.2 Å². The molecule has 0 aromatic heterocycles. The highest BCUT2D eigenvalue weighted by Crippen LogP contribution is 2.44. The van der Waals surface area contributed by atoms with Crippen molar-refractivity contribution in [3.8, 4) is 0 Å². The monoisotopic (exact) mass is 321 g/mol. The van der Waals surface area contributed by atoms with Gasteiger partial charge in [-0.05, 0) is 12.8 Å². The summed E-state index contributed by atoms with van der Waals surface area (Å²) in [5.74, 6) is 0. The van der Waals surface area contributed by atoms with E-state index in [0.29, 0.717) is 0 Å². The number of hydrogen-bond donors (Lipinski definition) is 0. The molecule has 0 aliphatic carbocycles. The van der Waals surface area contributed by atoms with Crippen LogP contribution in [0.25, 0.3) is 0 Å². The summed E-state index contributed by atoms with van der Waals surface area (Å²) in [6.45, 7) is 4.86. The first-order valence-electron chi connectivity index (χ1n) is 8.72. The molecule has 21 heavy (non-hydrogen) atoms. The van der Waals surface area contributed by atoms with Gasteiger partial charge in [-0.1, -0.05) is 78.1 Å². The van der Waals surface area contributed by atoms with Crippen molar-refractivity contribution in [2.45, 2.75) is 90.9 Å². The molecule has 127 valence electrons. The van der Waals surface area contributed by atoms with Gasteiger partial charge in [0.2, 0.25) is 0 Å². The lowest BCUT2D eigenvalue weighted by atomic mass is 10.1. The van der Waals surface area contributed by atoms with E-state index >= 15 is 0 Å². The average molecular weight is 321 g/mol.